The minimum absolute atomic E-state index is 0.225. The number of anilines is 1. The number of carbonyl (C=O) groups is 1. The summed E-state index contributed by atoms with van der Waals surface area (Å²) >= 11 is 6.41. The fraction of sp³-hybridized carbons (Fsp3) is 0.0476. The zero-order valence-electron chi connectivity index (χ0n) is 14.6. The van der Waals surface area contributed by atoms with Crippen molar-refractivity contribution in [3.05, 3.63) is 83.0 Å². The fourth-order valence-electron chi connectivity index (χ4n) is 2.83. The van der Waals surface area contributed by atoms with Crippen molar-refractivity contribution < 1.29 is 22.4 Å². The Morgan fingerprint density at radius 2 is 1.76 bits per heavy atom. The highest BCUT2D eigenvalue weighted by Crippen LogP contribution is 2.37. The summed E-state index contributed by atoms with van der Waals surface area (Å²) in [6, 6.07) is 17.2. The molecule has 0 N–H and O–H groups in total. The standard InChI is InChI=1S/C21H12F3NO2S2/c22-21(23,24)14-6-4-5-13(11-14)17-10-9-16(27-17)12-18-19(28)25(20(26)29-18)15-7-2-1-3-8-15/h1-12H. The average molecular weight is 431 g/mol. The zero-order chi connectivity index (χ0) is 20.6. The maximum Gasteiger partial charge on any atom is 0.416 e. The van der Waals surface area contributed by atoms with E-state index in [1.54, 1.807) is 36.4 Å². The molecule has 0 saturated carbocycles. The minimum Gasteiger partial charge on any atom is -0.457 e. The van der Waals surface area contributed by atoms with Crippen LogP contribution >= 0.6 is 24.0 Å². The van der Waals surface area contributed by atoms with Crippen molar-refractivity contribution >= 4 is 46.0 Å². The second-order valence-electron chi connectivity index (χ2n) is 6.13. The van der Waals surface area contributed by atoms with Crippen molar-refractivity contribution in [1.29, 1.82) is 0 Å². The molecular weight excluding hydrogens is 419 g/mol. The predicted molar refractivity (Wildman–Crippen MR) is 112 cm³/mol. The molecule has 0 unspecified atom stereocenters. The van der Waals surface area contributed by atoms with E-state index in [1.165, 1.54) is 11.0 Å². The topological polar surface area (TPSA) is 33.5 Å². The fourth-order valence-corrected chi connectivity index (χ4v) is 4.09. The molecular formula is C21H12F3NO2S2. The van der Waals surface area contributed by atoms with Gasteiger partial charge in [0.25, 0.3) is 5.24 Å². The van der Waals surface area contributed by atoms with E-state index in [-0.39, 0.29) is 5.24 Å². The van der Waals surface area contributed by atoms with Gasteiger partial charge < -0.3 is 4.42 Å². The average Bonchev–Trinajstić information content (AvgIpc) is 3.27. The summed E-state index contributed by atoms with van der Waals surface area (Å²) < 4.78 is 44.4. The molecule has 3 aromatic rings. The van der Waals surface area contributed by atoms with Gasteiger partial charge in [0.05, 0.1) is 16.2 Å². The first kappa shape index (κ1) is 19.5. The molecule has 1 aliphatic heterocycles. The van der Waals surface area contributed by atoms with Crippen LogP contribution in [0, 0.1) is 0 Å². The Hall–Kier alpha value is -2.84. The number of thiocarbonyl (C=S) groups is 1. The van der Waals surface area contributed by atoms with Gasteiger partial charge in [0.2, 0.25) is 0 Å². The van der Waals surface area contributed by atoms with E-state index in [0.717, 1.165) is 23.9 Å². The number of carbonyl (C=O) groups excluding carboxylic acids is 1. The summed E-state index contributed by atoms with van der Waals surface area (Å²) in [6.07, 6.45) is -2.81. The monoisotopic (exact) mass is 431 g/mol. The molecule has 1 amide bonds. The number of furan rings is 1. The molecule has 1 saturated heterocycles. The lowest BCUT2D eigenvalue weighted by molar-refractivity contribution is -0.137. The molecule has 3 nitrogen and oxygen atoms in total. The summed E-state index contributed by atoms with van der Waals surface area (Å²) in [5.74, 6) is 0.688. The first-order valence-corrected chi connectivity index (χ1v) is 9.66. The van der Waals surface area contributed by atoms with Gasteiger partial charge in [0.1, 0.15) is 16.5 Å². The van der Waals surface area contributed by atoms with Crippen molar-refractivity contribution in [3.8, 4) is 11.3 Å². The third-order valence-electron chi connectivity index (χ3n) is 4.18. The van der Waals surface area contributed by atoms with Gasteiger partial charge in [-0.2, -0.15) is 13.2 Å². The summed E-state index contributed by atoms with van der Waals surface area (Å²) in [5.41, 5.74) is 0.235. The minimum atomic E-state index is -4.43. The van der Waals surface area contributed by atoms with Crippen molar-refractivity contribution in [2.24, 2.45) is 0 Å². The molecule has 0 aliphatic carbocycles. The number of para-hydroxylation sites is 1. The summed E-state index contributed by atoms with van der Waals surface area (Å²) in [6.45, 7) is 0. The van der Waals surface area contributed by atoms with Crippen LogP contribution in [0.5, 0.6) is 0 Å². The number of thioether (sulfide) groups is 1. The van der Waals surface area contributed by atoms with Crippen LogP contribution in [-0.2, 0) is 6.18 Å². The number of benzene rings is 2. The molecule has 0 bridgehead atoms. The molecule has 8 heteroatoms. The van der Waals surface area contributed by atoms with Crippen LogP contribution in [0.25, 0.3) is 17.4 Å². The molecule has 146 valence electrons. The first-order valence-electron chi connectivity index (χ1n) is 8.43. The van der Waals surface area contributed by atoms with E-state index in [1.807, 2.05) is 18.2 Å². The van der Waals surface area contributed by atoms with Crippen LogP contribution in [0.1, 0.15) is 11.3 Å². The van der Waals surface area contributed by atoms with E-state index in [0.29, 0.717) is 32.7 Å². The second kappa shape index (κ2) is 7.53. The van der Waals surface area contributed by atoms with Gasteiger partial charge in [-0.1, -0.05) is 42.5 Å². The van der Waals surface area contributed by atoms with Gasteiger partial charge >= 0.3 is 6.18 Å². The van der Waals surface area contributed by atoms with E-state index < -0.39 is 11.7 Å². The first-order chi connectivity index (χ1) is 13.8. The SMILES string of the molecule is O=C1SC(=Cc2ccc(-c3cccc(C(F)(F)F)c3)o2)C(=S)N1c1ccccc1. The molecule has 1 fully saturated rings. The van der Waals surface area contributed by atoms with Crippen LogP contribution < -0.4 is 4.90 Å². The van der Waals surface area contributed by atoms with E-state index in [2.05, 4.69) is 0 Å². The third-order valence-corrected chi connectivity index (χ3v) is 5.60. The van der Waals surface area contributed by atoms with E-state index in [9.17, 15) is 18.0 Å². The van der Waals surface area contributed by atoms with Gasteiger partial charge in [-0.05, 0) is 54.2 Å². The Kier molecular flexibility index (Phi) is 5.06. The van der Waals surface area contributed by atoms with Crippen LogP contribution in [-0.4, -0.2) is 10.2 Å². The van der Waals surface area contributed by atoms with Crippen LogP contribution in [0.2, 0.25) is 0 Å². The predicted octanol–water partition coefficient (Wildman–Crippen LogP) is 7.01. The van der Waals surface area contributed by atoms with Crippen LogP contribution in [0.4, 0.5) is 23.7 Å². The largest absolute Gasteiger partial charge is 0.457 e. The number of hydrogen-bond donors (Lipinski definition) is 0. The smallest absolute Gasteiger partial charge is 0.416 e. The Morgan fingerprint density at radius 3 is 2.48 bits per heavy atom. The third kappa shape index (κ3) is 3.99. The molecule has 0 atom stereocenters. The number of hydrogen-bond acceptors (Lipinski definition) is 4. The second-order valence-corrected chi connectivity index (χ2v) is 7.51. The molecule has 0 radical (unpaired) electrons. The quantitative estimate of drug-likeness (QED) is 0.330. The van der Waals surface area contributed by atoms with Crippen LogP contribution in [0.15, 0.2) is 76.1 Å². The molecule has 1 aliphatic rings. The highest BCUT2D eigenvalue weighted by atomic mass is 32.2. The van der Waals surface area contributed by atoms with Gasteiger partial charge in [0, 0.05) is 5.56 Å². The molecule has 2 aromatic carbocycles. The Bertz CT molecular complexity index is 1120. The molecule has 1 aromatic heterocycles. The number of amides is 1. The van der Waals surface area contributed by atoms with Gasteiger partial charge in [-0.25, -0.2) is 0 Å². The highest BCUT2D eigenvalue weighted by molar-refractivity contribution is 8.20. The number of alkyl halides is 3. The van der Waals surface area contributed by atoms with Gasteiger partial charge in [-0.3, -0.25) is 9.69 Å². The van der Waals surface area contributed by atoms with Crippen molar-refractivity contribution in [2.75, 3.05) is 4.90 Å². The lowest BCUT2D eigenvalue weighted by Gasteiger charge is -2.14. The number of halogens is 3. The molecule has 2 heterocycles. The summed E-state index contributed by atoms with van der Waals surface area (Å²) in [4.78, 5) is 14.7. The molecule has 29 heavy (non-hydrogen) atoms. The maximum absolute atomic E-state index is 12.9. The lowest BCUT2D eigenvalue weighted by atomic mass is 10.1. The Labute approximate surface area is 173 Å². The Morgan fingerprint density at radius 1 is 1.00 bits per heavy atom. The summed E-state index contributed by atoms with van der Waals surface area (Å²) in [7, 11) is 0. The van der Waals surface area contributed by atoms with Gasteiger partial charge in [0.15, 0.2) is 0 Å². The molecule has 4 rings (SSSR count). The van der Waals surface area contributed by atoms with Crippen molar-refractivity contribution in [3.63, 3.8) is 0 Å². The highest BCUT2D eigenvalue weighted by Gasteiger charge is 2.33. The number of nitrogens with zero attached hydrogens (tertiary/aromatic N) is 1. The normalized spacial score (nSPS) is 16.1. The van der Waals surface area contributed by atoms with Crippen molar-refractivity contribution in [1.82, 2.24) is 0 Å². The lowest BCUT2D eigenvalue weighted by Crippen LogP contribution is -2.26. The van der Waals surface area contributed by atoms with E-state index >= 15 is 0 Å². The van der Waals surface area contributed by atoms with E-state index in [4.69, 9.17) is 16.6 Å². The number of rotatable bonds is 3. The maximum atomic E-state index is 12.9. The van der Waals surface area contributed by atoms with Gasteiger partial charge in [-0.15, -0.1) is 0 Å². The molecule has 0 spiro atoms. The Balaban J connectivity index is 1.60. The zero-order valence-corrected chi connectivity index (χ0v) is 16.3. The van der Waals surface area contributed by atoms with Crippen LogP contribution in [0.3, 0.4) is 0 Å². The van der Waals surface area contributed by atoms with Crippen molar-refractivity contribution in [2.45, 2.75) is 6.18 Å². The summed E-state index contributed by atoms with van der Waals surface area (Å²) in [5, 5.41) is -0.225.